The van der Waals surface area contributed by atoms with Gasteiger partial charge in [-0.05, 0) is 0 Å². The second-order valence-corrected chi connectivity index (χ2v) is 2.27. The zero-order valence-electron chi connectivity index (χ0n) is 3.13. The molecule has 0 bridgehead atoms. The van der Waals surface area contributed by atoms with E-state index < -0.39 is 8.38 Å². The van der Waals surface area contributed by atoms with Crippen LogP contribution in [0.2, 0.25) is 0 Å². The number of hydrogen-bond donors (Lipinski definition) is 1. The molecule has 0 aromatic rings. The summed E-state index contributed by atoms with van der Waals surface area (Å²) in [6.45, 7) is 0.544. The number of rotatable bonds is 0. The van der Waals surface area contributed by atoms with Crippen molar-refractivity contribution in [2.24, 2.45) is 0 Å². The Hall–Kier alpha value is 0.310. The summed E-state index contributed by atoms with van der Waals surface area (Å²) in [5.74, 6) is 0. The molecule has 0 radical (unpaired) electrons. The monoisotopic (exact) mass is 108 g/mol. The first-order chi connectivity index (χ1) is 2.89. The molecule has 1 N–H and O–H groups in total. The first-order valence-corrected chi connectivity index (χ1v) is 3.05. The molecule has 3 nitrogen and oxygen atoms in total. The summed E-state index contributed by atoms with van der Waals surface area (Å²) in [6.07, 6.45) is 0.662. The van der Waals surface area contributed by atoms with Crippen molar-refractivity contribution in [2.45, 2.75) is 0 Å². The minimum atomic E-state index is -1.19. The van der Waals surface area contributed by atoms with Gasteiger partial charge in [0.25, 0.3) is 0 Å². The summed E-state index contributed by atoms with van der Waals surface area (Å²) < 4.78 is 4.27. The van der Waals surface area contributed by atoms with Gasteiger partial charge < -0.3 is 4.89 Å². The summed E-state index contributed by atoms with van der Waals surface area (Å²) in [7, 11) is -1.19. The molecule has 1 aliphatic rings. The lowest BCUT2D eigenvalue weighted by Gasteiger charge is -1.88. The smallest absolute Gasteiger partial charge is 0.208 e. The lowest BCUT2D eigenvalue weighted by Crippen LogP contribution is -1.77. The highest BCUT2D eigenvalue weighted by atomic mass is 31.2. The summed E-state index contributed by atoms with van der Waals surface area (Å²) in [5.41, 5.74) is 0. The molecule has 1 saturated heterocycles. The Kier molecular flexibility index (Phi) is 1.37. The fourth-order valence-corrected chi connectivity index (χ4v) is 0.752. The third-order valence-corrected chi connectivity index (χ3v) is 1.35. The van der Waals surface area contributed by atoms with Gasteiger partial charge in [0.05, 0.1) is 6.61 Å². The van der Waals surface area contributed by atoms with E-state index in [1.807, 2.05) is 0 Å². The Morgan fingerprint density at radius 2 is 2.50 bits per heavy atom. The molecule has 1 heterocycles. The quantitative estimate of drug-likeness (QED) is 0.357. The van der Waals surface area contributed by atoms with Crippen molar-refractivity contribution in [3.8, 4) is 0 Å². The Labute approximate surface area is 36.7 Å². The minimum Gasteiger partial charge on any atom is -0.348 e. The van der Waals surface area contributed by atoms with Crippen LogP contribution in [0.5, 0.6) is 0 Å². The van der Waals surface area contributed by atoms with Crippen LogP contribution < -0.4 is 0 Å². The van der Waals surface area contributed by atoms with Gasteiger partial charge in [-0.2, -0.15) is 4.67 Å². The average molecular weight is 108 g/mol. The van der Waals surface area contributed by atoms with E-state index in [1.165, 1.54) is 0 Å². The average Bonchev–Trinajstić information content (AvgIpc) is 1.86. The van der Waals surface area contributed by atoms with Crippen LogP contribution in [0.25, 0.3) is 0 Å². The van der Waals surface area contributed by atoms with E-state index in [4.69, 9.17) is 4.89 Å². The molecule has 1 fully saturated rings. The van der Waals surface area contributed by atoms with Crippen LogP contribution in [-0.4, -0.2) is 17.7 Å². The van der Waals surface area contributed by atoms with Crippen LogP contribution >= 0.6 is 8.38 Å². The predicted molar refractivity (Wildman–Crippen MR) is 21.0 cm³/mol. The summed E-state index contributed by atoms with van der Waals surface area (Å²) in [4.78, 5) is 12.8. The van der Waals surface area contributed by atoms with Gasteiger partial charge in [0.2, 0.25) is 8.38 Å². The van der Waals surface area contributed by atoms with Gasteiger partial charge in [0.15, 0.2) is 0 Å². The van der Waals surface area contributed by atoms with Gasteiger partial charge in [-0.25, -0.2) is 4.89 Å². The highest BCUT2D eigenvalue weighted by Gasteiger charge is 2.12. The molecular formula is C2H5O3P. The van der Waals surface area contributed by atoms with Gasteiger partial charge in [-0.15, -0.1) is 0 Å². The van der Waals surface area contributed by atoms with Crippen LogP contribution in [0.4, 0.5) is 0 Å². The van der Waals surface area contributed by atoms with Crippen molar-refractivity contribution >= 4 is 8.38 Å². The summed E-state index contributed by atoms with van der Waals surface area (Å²) >= 11 is 0. The third kappa shape index (κ3) is 0.884. The van der Waals surface area contributed by atoms with E-state index in [-0.39, 0.29) is 0 Å². The van der Waals surface area contributed by atoms with Gasteiger partial charge >= 0.3 is 0 Å². The fourth-order valence-electron chi connectivity index (χ4n) is 0.251. The van der Waals surface area contributed by atoms with Crippen LogP contribution in [-0.2, 0) is 9.56 Å². The molecule has 0 aromatic heterocycles. The molecule has 1 unspecified atom stereocenters. The Morgan fingerprint density at radius 3 is 2.67 bits per heavy atom. The standard InChI is InChI=1S/C2H5O3P/c3-6-2-1-4-5-6/h3H,1-2H2. The normalized spacial score (nSPS) is 34.5. The highest BCUT2D eigenvalue weighted by Crippen LogP contribution is 2.35. The molecule has 4 heteroatoms. The van der Waals surface area contributed by atoms with Gasteiger partial charge in [-0.3, -0.25) is 0 Å². The second-order valence-electron chi connectivity index (χ2n) is 0.972. The molecule has 0 saturated carbocycles. The van der Waals surface area contributed by atoms with E-state index in [1.54, 1.807) is 0 Å². The molecule has 6 heavy (non-hydrogen) atoms. The van der Waals surface area contributed by atoms with Crippen molar-refractivity contribution in [3.05, 3.63) is 0 Å². The molecule has 0 aliphatic carbocycles. The van der Waals surface area contributed by atoms with Crippen molar-refractivity contribution in [1.29, 1.82) is 0 Å². The zero-order valence-corrected chi connectivity index (χ0v) is 4.02. The summed E-state index contributed by atoms with van der Waals surface area (Å²) in [5, 5.41) is 0. The van der Waals surface area contributed by atoms with Crippen LogP contribution in [0, 0.1) is 0 Å². The Bertz CT molecular complexity index is 42.1. The highest BCUT2D eigenvalue weighted by molar-refractivity contribution is 7.46. The fraction of sp³-hybridized carbons (Fsp3) is 1.00. The predicted octanol–water partition coefficient (Wildman–Crippen LogP) is 0.252. The zero-order chi connectivity index (χ0) is 4.41. The molecular weight excluding hydrogens is 103 g/mol. The lowest BCUT2D eigenvalue weighted by molar-refractivity contribution is -0.179. The molecule has 36 valence electrons. The van der Waals surface area contributed by atoms with Crippen molar-refractivity contribution < 1.29 is 14.5 Å². The topological polar surface area (TPSA) is 38.7 Å². The van der Waals surface area contributed by atoms with Crippen molar-refractivity contribution in [2.75, 3.05) is 12.8 Å². The first kappa shape index (κ1) is 4.47. The number of hydrogen-bond acceptors (Lipinski definition) is 3. The Balaban J connectivity index is 2.18. The largest absolute Gasteiger partial charge is 0.348 e. The van der Waals surface area contributed by atoms with Gasteiger partial charge in [0, 0.05) is 6.16 Å². The van der Waals surface area contributed by atoms with E-state index in [0.29, 0.717) is 12.8 Å². The van der Waals surface area contributed by atoms with E-state index in [9.17, 15) is 0 Å². The van der Waals surface area contributed by atoms with Crippen LogP contribution in [0.1, 0.15) is 0 Å². The minimum absolute atomic E-state index is 0.544. The van der Waals surface area contributed by atoms with Crippen molar-refractivity contribution in [1.82, 2.24) is 0 Å². The molecule has 0 spiro atoms. The van der Waals surface area contributed by atoms with Crippen molar-refractivity contribution in [3.63, 3.8) is 0 Å². The maximum Gasteiger partial charge on any atom is 0.208 e. The molecule has 1 aliphatic heterocycles. The first-order valence-electron chi connectivity index (χ1n) is 1.65. The van der Waals surface area contributed by atoms with Crippen LogP contribution in [0.15, 0.2) is 0 Å². The SMILES string of the molecule is OP1CCOO1. The van der Waals surface area contributed by atoms with E-state index >= 15 is 0 Å². The maximum atomic E-state index is 8.45. The maximum absolute atomic E-state index is 8.45. The second kappa shape index (κ2) is 1.85. The third-order valence-electron chi connectivity index (χ3n) is 0.505. The van der Waals surface area contributed by atoms with E-state index in [2.05, 4.69) is 9.56 Å². The van der Waals surface area contributed by atoms with Crippen LogP contribution in [0.3, 0.4) is 0 Å². The molecule has 1 rings (SSSR count). The lowest BCUT2D eigenvalue weighted by atomic mass is 10.9. The molecule has 1 atom stereocenters. The summed E-state index contributed by atoms with van der Waals surface area (Å²) in [6, 6.07) is 0. The Morgan fingerprint density at radius 1 is 1.67 bits per heavy atom. The van der Waals surface area contributed by atoms with Gasteiger partial charge in [-0.1, -0.05) is 0 Å². The molecule has 0 amide bonds. The van der Waals surface area contributed by atoms with E-state index in [0.717, 1.165) is 0 Å². The molecule has 0 aromatic carbocycles. The van der Waals surface area contributed by atoms with Gasteiger partial charge in [0.1, 0.15) is 0 Å².